The number of nitrogens with one attached hydrogen (secondary N) is 1. The maximum absolute atomic E-state index is 12.7. The Bertz CT molecular complexity index is 794. The minimum atomic E-state index is -0.294. The topological polar surface area (TPSA) is 66.0 Å². The van der Waals surface area contributed by atoms with E-state index in [1.807, 2.05) is 6.92 Å². The van der Waals surface area contributed by atoms with E-state index in [4.69, 9.17) is 30.5 Å². The summed E-state index contributed by atoms with van der Waals surface area (Å²) in [6.45, 7) is 3.05. The van der Waals surface area contributed by atoms with E-state index in [9.17, 15) is 4.79 Å². The predicted octanol–water partition coefficient (Wildman–Crippen LogP) is 4.54. The second-order valence-corrected chi connectivity index (χ2v) is 6.13. The third-order valence-electron chi connectivity index (χ3n) is 3.87. The van der Waals surface area contributed by atoms with Crippen LogP contribution < -0.4 is 19.5 Å². The van der Waals surface area contributed by atoms with Gasteiger partial charge in [0.05, 0.1) is 38.6 Å². The summed E-state index contributed by atoms with van der Waals surface area (Å²) in [6.07, 6.45) is 0.917. The smallest absolute Gasteiger partial charge is 0.255 e. The number of halogens is 1. The monoisotopic (exact) mass is 393 g/mol. The van der Waals surface area contributed by atoms with Crippen molar-refractivity contribution in [1.82, 2.24) is 0 Å². The maximum atomic E-state index is 12.7. The molecule has 146 valence electrons. The first kappa shape index (κ1) is 20.9. The van der Waals surface area contributed by atoms with E-state index >= 15 is 0 Å². The molecule has 0 fully saturated rings. The Morgan fingerprint density at radius 1 is 1.00 bits per heavy atom. The van der Waals surface area contributed by atoms with Crippen molar-refractivity contribution in [2.24, 2.45) is 0 Å². The fourth-order valence-electron chi connectivity index (χ4n) is 2.51. The van der Waals surface area contributed by atoms with Crippen molar-refractivity contribution in [2.75, 3.05) is 33.3 Å². The van der Waals surface area contributed by atoms with E-state index in [0.717, 1.165) is 12.0 Å². The molecule has 2 aromatic carbocycles. The lowest BCUT2D eigenvalue weighted by Gasteiger charge is -2.14. The van der Waals surface area contributed by atoms with E-state index in [2.05, 4.69) is 5.32 Å². The minimum Gasteiger partial charge on any atom is -0.496 e. The highest BCUT2D eigenvalue weighted by Gasteiger charge is 2.15. The van der Waals surface area contributed by atoms with Crippen molar-refractivity contribution in [3.63, 3.8) is 0 Å². The van der Waals surface area contributed by atoms with Gasteiger partial charge in [0, 0.05) is 29.9 Å². The number of carbonyl (C=O) groups is 1. The molecule has 0 spiro atoms. The SMILES string of the molecule is CCCOCc1cc(C(=O)Nc2cc(OC)c(Cl)cc2OC)ccc1OC. The molecule has 7 heteroatoms. The summed E-state index contributed by atoms with van der Waals surface area (Å²) < 4.78 is 21.4. The van der Waals surface area contributed by atoms with Crippen LogP contribution >= 0.6 is 11.6 Å². The van der Waals surface area contributed by atoms with Crippen LogP contribution in [-0.4, -0.2) is 33.8 Å². The van der Waals surface area contributed by atoms with Gasteiger partial charge >= 0.3 is 0 Å². The van der Waals surface area contributed by atoms with E-state index in [0.29, 0.717) is 46.7 Å². The number of carbonyl (C=O) groups excluding carboxylic acids is 1. The number of benzene rings is 2. The zero-order chi connectivity index (χ0) is 19.8. The molecule has 0 saturated carbocycles. The number of anilines is 1. The van der Waals surface area contributed by atoms with Gasteiger partial charge in [-0.1, -0.05) is 18.5 Å². The molecule has 0 bridgehead atoms. The van der Waals surface area contributed by atoms with Gasteiger partial charge in [-0.25, -0.2) is 0 Å². The van der Waals surface area contributed by atoms with Gasteiger partial charge in [0.25, 0.3) is 5.91 Å². The maximum Gasteiger partial charge on any atom is 0.255 e. The molecule has 1 N–H and O–H groups in total. The van der Waals surface area contributed by atoms with Gasteiger partial charge < -0.3 is 24.3 Å². The van der Waals surface area contributed by atoms with Crippen molar-refractivity contribution in [2.45, 2.75) is 20.0 Å². The van der Waals surface area contributed by atoms with Crippen molar-refractivity contribution in [1.29, 1.82) is 0 Å². The summed E-state index contributed by atoms with van der Waals surface area (Å²) in [7, 11) is 4.60. The summed E-state index contributed by atoms with van der Waals surface area (Å²) in [5.74, 6) is 1.26. The molecular formula is C20H24ClNO5. The van der Waals surface area contributed by atoms with Gasteiger partial charge in [-0.2, -0.15) is 0 Å². The van der Waals surface area contributed by atoms with Crippen LogP contribution in [0.1, 0.15) is 29.3 Å². The molecule has 0 aliphatic rings. The third-order valence-corrected chi connectivity index (χ3v) is 4.17. The normalized spacial score (nSPS) is 10.4. The van der Waals surface area contributed by atoms with Crippen molar-refractivity contribution < 1.29 is 23.7 Å². The molecule has 0 saturated heterocycles. The Morgan fingerprint density at radius 3 is 2.33 bits per heavy atom. The quantitative estimate of drug-likeness (QED) is 0.633. The molecule has 2 rings (SSSR count). The zero-order valence-electron chi connectivity index (χ0n) is 15.9. The first-order valence-corrected chi connectivity index (χ1v) is 8.89. The van der Waals surface area contributed by atoms with Gasteiger partial charge in [-0.3, -0.25) is 4.79 Å². The van der Waals surface area contributed by atoms with Crippen LogP contribution in [0.2, 0.25) is 5.02 Å². The average Bonchev–Trinajstić information content (AvgIpc) is 2.68. The fourth-order valence-corrected chi connectivity index (χ4v) is 2.74. The van der Waals surface area contributed by atoms with Gasteiger partial charge in [0.1, 0.15) is 17.2 Å². The van der Waals surface area contributed by atoms with Crippen LogP contribution in [0.15, 0.2) is 30.3 Å². The van der Waals surface area contributed by atoms with E-state index < -0.39 is 0 Å². The number of rotatable bonds is 9. The average molecular weight is 394 g/mol. The van der Waals surface area contributed by atoms with Crippen molar-refractivity contribution in [3.8, 4) is 17.2 Å². The fraction of sp³-hybridized carbons (Fsp3) is 0.350. The van der Waals surface area contributed by atoms with Crippen LogP contribution in [0.4, 0.5) is 5.69 Å². The summed E-state index contributed by atoms with van der Waals surface area (Å²) in [6, 6.07) is 8.40. The van der Waals surface area contributed by atoms with Crippen LogP contribution in [-0.2, 0) is 11.3 Å². The lowest BCUT2D eigenvalue weighted by Crippen LogP contribution is -2.13. The van der Waals surface area contributed by atoms with E-state index in [-0.39, 0.29) is 5.91 Å². The lowest BCUT2D eigenvalue weighted by molar-refractivity contribution is 0.102. The van der Waals surface area contributed by atoms with Gasteiger partial charge in [-0.15, -0.1) is 0 Å². The first-order chi connectivity index (χ1) is 13.0. The van der Waals surface area contributed by atoms with E-state index in [1.54, 1.807) is 37.4 Å². The number of hydrogen-bond donors (Lipinski definition) is 1. The Kier molecular flexibility index (Phi) is 7.76. The molecule has 0 aliphatic heterocycles. The molecular weight excluding hydrogens is 370 g/mol. The zero-order valence-corrected chi connectivity index (χ0v) is 16.7. The second kappa shape index (κ2) is 10.0. The molecule has 0 radical (unpaired) electrons. The second-order valence-electron chi connectivity index (χ2n) is 5.72. The molecule has 27 heavy (non-hydrogen) atoms. The highest BCUT2D eigenvalue weighted by molar-refractivity contribution is 6.32. The Labute approximate surface area is 164 Å². The minimum absolute atomic E-state index is 0.294. The largest absolute Gasteiger partial charge is 0.496 e. The number of amides is 1. The van der Waals surface area contributed by atoms with Crippen LogP contribution in [0, 0.1) is 0 Å². The molecule has 0 atom stereocenters. The highest BCUT2D eigenvalue weighted by atomic mass is 35.5. The summed E-state index contributed by atoms with van der Waals surface area (Å²) in [5.41, 5.74) is 1.74. The molecule has 0 aliphatic carbocycles. The Morgan fingerprint density at radius 2 is 1.70 bits per heavy atom. The summed E-state index contributed by atoms with van der Waals surface area (Å²) >= 11 is 6.10. The molecule has 0 heterocycles. The van der Waals surface area contributed by atoms with Gasteiger partial charge in [-0.05, 0) is 24.6 Å². The van der Waals surface area contributed by atoms with E-state index in [1.165, 1.54) is 14.2 Å². The van der Waals surface area contributed by atoms with Crippen molar-refractivity contribution in [3.05, 3.63) is 46.5 Å². The molecule has 6 nitrogen and oxygen atoms in total. The highest BCUT2D eigenvalue weighted by Crippen LogP contribution is 2.36. The number of ether oxygens (including phenoxy) is 4. The first-order valence-electron chi connectivity index (χ1n) is 8.51. The summed E-state index contributed by atoms with van der Waals surface area (Å²) in [4.78, 5) is 12.7. The molecule has 0 unspecified atom stereocenters. The van der Waals surface area contributed by atoms with Crippen LogP contribution in [0.5, 0.6) is 17.2 Å². The Hall–Kier alpha value is -2.44. The van der Waals surface area contributed by atoms with Gasteiger partial charge in [0.2, 0.25) is 0 Å². The molecule has 1 amide bonds. The standard InChI is InChI=1S/C20H24ClNO5/c1-5-8-27-12-14-9-13(6-7-17(14)24-2)20(23)22-16-11-18(25-3)15(21)10-19(16)26-4/h6-7,9-11H,5,8,12H2,1-4H3,(H,22,23). The van der Waals surface area contributed by atoms with Crippen LogP contribution in [0.3, 0.4) is 0 Å². The summed E-state index contributed by atoms with van der Waals surface area (Å²) in [5, 5.41) is 3.22. The van der Waals surface area contributed by atoms with Gasteiger partial charge in [0.15, 0.2) is 0 Å². The van der Waals surface area contributed by atoms with Crippen molar-refractivity contribution >= 4 is 23.2 Å². The molecule has 0 aromatic heterocycles. The Balaban J connectivity index is 2.26. The number of hydrogen-bond acceptors (Lipinski definition) is 5. The van der Waals surface area contributed by atoms with Crippen LogP contribution in [0.25, 0.3) is 0 Å². The third kappa shape index (κ3) is 5.28. The lowest BCUT2D eigenvalue weighted by atomic mass is 10.1. The predicted molar refractivity (Wildman–Crippen MR) is 105 cm³/mol. The molecule has 2 aromatic rings. The number of methoxy groups -OCH3 is 3.